The van der Waals surface area contributed by atoms with Crippen molar-refractivity contribution in [2.45, 2.75) is 31.8 Å². The van der Waals surface area contributed by atoms with Gasteiger partial charge in [0, 0.05) is 12.6 Å². The van der Waals surface area contributed by atoms with E-state index in [2.05, 4.69) is 22.1 Å². The molecule has 1 N–H and O–H groups in total. The highest BCUT2D eigenvalue weighted by atomic mass is 32.1. The molecule has 1 heterocycles. The van der Waals surface area contributed by atoms with Crippen LogP contribution in [0.15, 0.2) is 16.8 Å². The summed E-state index contributed by atoms with van der Waals surface area (Å²) in [5.74, 6) is 2.19. The molecule has 13 heavy (non-hydrogen) atoms. The van der Waals surface area contributed by atoms with Crippen LogP contribution in [0.1, 0.15) is 24.8 Å². The zero-order valence-electron chi connectivity index (χ0n) is 7.70. The zero-order valence-corrected chi connectivity index (χ0v) is 8.52. The first kappa shape index (κ1) is 8.01. The van der Waals surface area contributed by atoms with Gasteiger partial charge in [0.1, 0.15) is 0 Å². The lowest BCUT2D eigenvalue weighted by atomic mass is 10.1. The van der Waals surface area contributed by atoms with E-state index in [1.807, 2.05) is 0 Å². The van der Waals surface area contributed by atoms with Gasteiger partial charge >= 0.3 is 0 Å². The number of fused-ring (bicyclic) bond motifs is 1. The molecule has 1 nitrogen and oxygen atoms in total. The SMILES string of the molecule is c1cc(CNC2CC3CC3C2)cs1. The molecule has 0 radical (unpaired) electrons. The minimum Gasteiger partial charge on any atom is -0.310 e. The first-order chi connectivity index (χ1) is 6.42. The molecule has 0 spiro atoms. The number of rotatable bonds is 3. The standard InChI is InChI=1S/C11H15NS/c1-2-13-7-8(1)6-12-11-4-9-3-10(9)5-11/h1-2,7,9-12H,3-6H2. The van der Waals surface area contributed by atoms with E-state index in [1.54, 1.807) is 11.3 Å². The molecule has 0 bridgehead atoms. The van der Waals surface area contributed by atoms with Crippen molar-refractivity contribution in [3.8, 4) is 0 Å². The molecule has 2 unspecified atom stereocenters. The fourth-order valence-electron chi connectivity index (χ4n) is 2.54. The summed E-state index contributed by atoms with van der Waals surface area (Å²) < 4.78 is 0. The second-order valence-electron chi connectivity index (χ2n) is 4.44. The van der Waals surface area contributed by atoms with Gasteiger partial charge in [0.2, 0.25) is 0 Å². The predicted molar refractivity (Wildman–Crippen MR) is 55.8 cm³/mol. The van der Waals surface area contributed by atoms with Gasteiger partial charge in [-0.3, -0.25) is 0 Å². The maximum atomic E-state index is 3.65. The van der Waals surface area contributed by atoms with Crippen molar-refractivity contribution in [1.29, 1.82) is 0 Å². The van der Waals surface area contributed by atoms with Crippen molar-refractivity contribution < 1.29 is 0 Å². The van der Waals surface area contributed by atoms with Gasteiger partial charge < -0.3 is 5.32 Å². The summed E-state index contributed by atoms with van der Waals surface area (Å²) in [5.41, 5.74) is 1.45. The van der Waals surface area contributed by atoms with Crippen molar-refractivity contribution in [3.05, 3.63) is 22.4 Å². The van der Waals surface area contributed by atoms with Crippen LogP contribution >= 0.6 is 11.3 Å². The van der Waals surface area contributed by atoms with Crippen molar-refractivity contribution in [1.82, 2.24) is 5.32 Å². The summed E-state index contributed by atoms with van der Waals surface area (Å²) in [6.45, 7) is 1.08. The number of hydrogen-bond acceptors (Lipinski definition) is 2. The van der Waals surface area contributed by atoms with Crippen LogP contribution in [0.4, 0.5) is 0 Å². The van der Waals surface area contributed by atoms with Crippen molar-refractivity contribution in [2.75, 3.05) is 0 Å². The first-order valence-electron chi connectivity index (χ1n) is 5.16. The molecular formula is C11H15NS. The van der Waals surface area contributed by atoms with Gasteiger partial charge in [-0.05, 0) is 53.5 Å². The van der Waals surface area contributed by atoms with Crippen LogP contribution < -0.4 is 5.32 Å². The molecule has 0 saturated heterocycles. The van der Waals surface area contributed by atoms with E-state index in [4.69, 9.17) is 0 Å². The molecular weight excluding hydrogens is 178 g/mol. The Morgan fingerprint density at radius 2 is 2.15 bits per heavy atom. The molecule has 70 valence electrons. The smallest absolute Gasteiger partial charge is 0.0216 e. The van der Waals surface area contributed by atoms with Crippen LogP contribution in [-0.2, 0) is 6.54 Å². The van der Waals surface area contributed by atoms with Crippen LogP contribution in [-0.4, -0.2) is 6.04 Å². The normalized spacial score (nSPS) is 36.2. The van der Waals surface area contributed by atoms with E-state index in [0.717, 1.165) is 24.4 Å². The van der Waals surface area contributed by atoms with E-state index in [0.29, 0.717) is 0 Å². The second kappa shape index (κ2) is 3.10. The fourth-order valence-corrected chi connectivity index (χ4v) is 3.21. The molecule has 2 aliphatic carbocycles. The van der Waals surface area contributed by atoms with Crippen LogP contribution in [0.2, 0.25) is 0 Å². The Hall–Kier alpha value is -0.340. The Balaban J connectivity index is 1.48. The summed E-state index contributed by atoms with van der Waals surface area (Å²) in [6.07, 6.45) is 4.40. The quantitative estimate of drug-likeness (QED) is 0.778. The van der Waals surface area contributed by atoms with E-state index >= 15 is 0 Å². The average molecular weight is 193 g/mol. The molecule has 2 heteroatoms. The molecule has 1 aromatic rings. The third-order valence-corrected chi connectivity index (χ3v) is 4.15. The summed E-state index contributed by atoms with van der Waals surface area (Å²) >= 11 is 1.79. The molecule has 1 aromatic heterocycles. The molecule has 3 rings (SSSR count). The number of hydrogen-bond donors (Lipinski definition) is 1. The van der Waals surface area contributed by atoms with Gasteiger partial charge in [-0.2, -0.15) is 11.3 Å². The minimum absolute atomic E-state index is 0.823. The van der Waals surface area contributed by atoms with E-state index < -0.39 is 0 Å². The average Bonchev–Trinajstić information content (AvgIpc) is 2.64. The van der Waals surface area contributed by atoms with Gasteiger partial charge in [0.15, 0.2) is 0 Å². The van der Waals surface area contributed by atoms with Gasteiger partial charge in [-0.25, -0.2) is 0 Å². The first-order valence-corrected chi connectivity index (χ1v) is 6.10. The van der Waals surface area contributed by atoms with E-state index in [-0.39, 0.29) is 0 Å². The van der Waals surface area contributed by atoms with Crippen LogP contribution in [0, 0.1) is 11.8 Å². The Bertz CT molecular complexity index is 270. The molecule has 0 aliphatic heterocycles. The second-order valence-corrected chi connectivity index (χ2v) is 5.22. The lowest BCUT2D eigenvalue weighted by Crippen LogP contribution is -2.26. The van der Waals surface area contributed by atoms with Crippen LogP contribution in [0.3, 0.4) is 0 Å². The van der Waals surface area contributed by atoms with E-state index in [9.17, 15) is 0 Å². The Kier molecular flexibility index (Phi) is 1.91. The maximum absolute atomic E-state index is 3.65. The fraction of sp³-hybridized carbons (Fsp3) is 0.636. The maximum Gasteiger partial charge on any atom is 0.0216 e. The minimum atomic E-state index is 0.823. The molecule has 2 fully saturated rings. The third kappa shape index (κ3) is 1.65. The lowest BCUT2D eigenvalue weighted by molar-refractivity contribution is 0.481. The number of nitrogens with one attached hydrogen (secondary N) is 1. The monoisotopic (exact) mass is 193 g/mol. The third-order valence-electron chi connectivity index (χ3n) is 3.42. The summed E-state index contributed by atoms with van der Waals surface area (Å²) in [6, 6.07) is 3.04. The van der Waals surface area contributed by atoms with Crippen molar-refractivity contribution in [2.24, 2.45) is 11.8 Å². The van der Waals surface area contributed by atoms with Crippen LogP contribution in [0.25, 0.3) is 0 Å². The van der Waals surface area contributed by atoms with Gasteiger partial charge in [-0.15, -0.1) is 0 Å². The highest BCUT2D eigenvalue weighted by Crippen LogP contribution is 2.51. The molecule has 0 aromatic carbocycles. The molecule has 0 amide bonds. The van der Waals surface area contributed by atoms with Gasteiger partial charge in [-0.1, -0.05) is 0 Å². The van der Waals surface area contributed by atoms with Crippen LogP contribution in [0.5, 0.6) is 0 Å². The zero-order chi connectivity index (χ0) is 8.67. The lowest BCUT2D eigenvalue weighted by Gasteiger charge is -2.12. The Morgan fingerprint density at radius 1 is 1.31 bits per heavy atom. The summed E-state index contributed by atoms with van der Waals surface area (Å²) in [7, 11) is 0. The predicted octanol–water partition coefficient (Wildman–Crippen LogP) is 2.64. The highest BCUT2D eigenvalue weighted by molar-refractivity contribution is 7.07. The van der Waals surface area contributed by atoms with E-state index in [1.165, 1.54) is 24.8 Å². The van der Waals surface area contributed by atoms with Crippen molar-refractivity contribution in [3.63, 3.8) is 0 Å². The summed E-state index contributed by atoms with van der Waals surface area (Å²) in [4.78, 5) is 0. The Labute approximate surface area is 83.2 Å². The number of thiophene rings is 1. The summed E-state index contributed by atoms with van der Waals surface area (Å²) in [5, 5.41) is 8.05. The molecule has 2 atom stereocenters. The molecule has 2 aliphatic rings. The topological polar surface area (TPSA) is 12.0 Å². The molecule has 2 saturated carbocycles. The van der Waals surface area contributed by atoms with Gasteiger partial charge in [0.25, 0.3) is 0 Å². The highest BCUT2D eigenvalue weighted by Gasteiger charge is 2.45. The Morgan fingerprint density at radius 3 is 2.85 bits per heavy atom. The van der Waals surface area contributed by atoms with Crippen molar-refractivity contribution >= 4 is 11.3 Å². The van der Waals surface area contributed by atoms with Gasteiger partial charge in [0.05, 0.1) is 0 Å². The largest absolute Gasteiger partial charge is 0.310 e.